The van der Waals surface area contributed by atoms with E-state index in [4.69, 9.17) is 22.2 Å². The third kappa shape index (κ3) is 9.39. The lowest BCUT2D eigenvalue weighted by molar-refractivity contribution is 0.102. The first-order valence-corrected chi connectivity index (χ1v) is 9.73. The molecule has 0 saturated carbocycles. The van der Waals surface area contributed by atoms with Gasteiger partial charge in [0.25, 0.3) is 5.24 Å². The van der Waals surface area contributed by atoms with E-state index in [9.17, 15) is 9.59 Å². The van der Waals surface area contributed by atoms with Crippen LogP contribution >= 0.6 is 36.4 Å². The number of carbonyl (C=O) groups excluding carboxylic acids is 2. The number of hydrogen-bond acceptors (Lipinski definition) is 5. The minimum absolute atomic E-state index is 0. The molecule has 0 atom stereocenters. The number of benzene rings is 3. The first kappa shape index (κ1) is 29.6. The smallest absolute Gasteiger partial charge is 0.253 e. The number of nitrogens with two attached hydrogens (primary N) is 1. The molecule has 0 radical (unpaired) electrons. The number of ether oxygens (including phenoxy) is 1. The molecule has 8 heteroatoms. The number of hydrogen-bond donors (Lipinski definition) is 2. The maximum atomic E-state index is 12.6. The molecule has 172 valence electrons. The van der Waals surface area contributed by atoms with Crippen molar-refractivity contribution in [3.8, 4) is 11.5 Å². The number of ketones is 1. The third-order valence-electron chi connectivity index (χ3n) is 3.91. The molecule has 3 aromatic rings. The summed E-state index contributed by atoms with van der Waals surface area (Å²) in [5, 5.41) is -0.650. The Morgan fingerprint density at radius 2 is 1.22 bits per heavy atom. The summed E-state index contributed by atoms with van der Waals surface area (Å²) in [6.45, 7) is 6.02. The molecule has 5 nitrogen and oxygen atoms in total. The van der Waals surface area contributed by atoms with E-state index in [1.165, 1.54) is 6.07 Å². The van der Waals surface area contributed by atoms with Crippen LogP contribution in [-0.4, -0.2) is 16.6 Å². The Morgan fingerprint density at radius 1 is 0.781 bits per heavy atom. The molecule has 0 aliphatic rings. The van der Waals surface area contributed by atoms with Gasteiger partial charge in [-0.2, -0.15) is 0 Å². The number of para-hydroxylation sites is 1. The van der Waals surface area contributed by atoms with Crippen molar-refractivity contribution in [2.24, 2.45) is 5.84 Å². The molecule has 3 aromatic carbocycles. The molecule has 0 amide bonds. The second-order valence-corrected chi connectivity index (χ2v) is 7.83. The lowest BCUT2D eigenvalue weighted by Gasteiger charge is -2.14. The predicted octanol–water partition coefficient (Wildman–Crippen LogP) is 6.18. The van der Waals surface area contributed by atoms with Crippen LogP contribution in [0.25, 0.3) is 0 Å². The summed E-state index contributed by atoms with van der Waals surface area (Å²) in [5.41, 5.74) is 3.62. The summed E-state index contributed by atoms with van der Waals surface area (Å²) in [6, 6.07) is 22.6. The zero-order valence-corrected chi connectivity index (χ0v) is 20.4. The monoisotopic (exact) mass is 496 g/mol. The number of carbonyl (C=O) groups is 2. The molecule has 0 saturated heterocycles. The van der Waals surface area contributed by atoms with Crippen molar-refractivity contribution in [1.82, 2.24) is 5.43 Å². The third-order valence-corrected chi connectivity index (χ3v) is 4.12. The van der Waals surface area contributed by atoms with Crippen molar-refractivity contribution in [2.75, 3.05) is 0 Å². The largest absolute Gasteiger partial charge is 0.457 e. The van der Waals surface area contributed by atoms with Crippen LogP contribution in [0.1, 0.15) is 47.1 Å². The van der Waals surface area contributed by atoms with Gasteiger partial charge in [0.2, 0.25) is 0 Å². The predicted molar refractivity (Wildman–Crippen MR) is 135 cm³/mol. The zero-order valence-electron chi connectivity index (χ0n) is 18.0. The first-order chi connectivity index (χ1) is 14.2. The van der Waals surface area contributed by atoms with Gasteiger partial charge in [0, 0.05) is 22.2 Å². The molecule has 3 N–H and O–H groups in total. The molecule has 32 heavy (non-hydrogen) atoms. The van der Waals surface area contributed by atoms with Gasteiger partial charge in [0.05, 0.1) is 0 Å². The fourth-order valence-corrected chi connectivity index (χ4v) is 2.47. The van der Waals surface area contributed by atoms with Gasteiger partial charge in [-0.15, -0.1) is 24.8 Å². The summed E-state index contributed by atoms with van der Waals surface area (Å²) >= 11 is 5.54. The Hall–Kier alpha value is -2.41. The summed E-state index contributed by atoms with van der Waals surface area (Å²) in [4.78, 5) is 24.0. The van der Waals surface area contributed by atoms with Crippen LogP contribution in [0.5, 0.6) is 11.5 Å². The van der Waals surface area contributed by atoms with Gasteiger partial charge in [0.1, 0.15) is 11.5 Å². The standard InChI is InChI=1S/C20H13ClO3.C4H12N2.2ClH/c21-20(23)18-9-5-4-8-17(18)19(22)14-10-12-16(13-11-14)24-15-6-2-1-3-7-15;1-4(2,3)6-5;;/h1-13H;6H,5H2,1-3H3;2*1H. The highest BCUT2D eigenvalue weighted by molar-refractivity contribution is 6.68. The van der Waals surface area contributed by atoms with E-state index in [1.54, 1.807) is 42.5 Å². The second-order valence-electron chi connectivity index (χ2n) is 7.48. The van der Waals surface area contributed by atoms with Crippen molar-refractivity contribution >= 4 is 47.4 Å². The van der Waals surface area contributed by atoms with Crippen LogP contribution in [0.15, 0.2) is 78.9 Å². The molecule has 0 unspecified atom stereocenters. The molecule has 0 aromatic heterocycles. The molecule has 0 bridgehead atoms. The van der Waals surface area contributed by atoms with Crippen LogP contribution in [-0.2, 0) is 0 Å². The molecule has 0 aliphatic heterocycles. The van der Waals surface area contributed by atoms with Crippen LogP contribution in [0.2, 0.25) is 0 Å². The van der Waals surface area contributed by atoms with E-state index in [0.717, 1.165) is 5.75 Å². The summed E-state index contributed by atoms with van der Waals surface area (Å²) in [5.74, 6) is 6.14. The van der Waals surface area contributed by atoms with Crippen molar-refractivity contribution in [3.63, 3.8) is 0 Å². The molecule has 0 spiro atoms. The molecular weight excluding hydrogens is 471 g/mol. The van der Waals surface area contributed by atoms with Crippen LogP contribution in [0, 0.1) is 0 Å². The normalized spacial score (nSPS) is 9.91. The summed E-state index contributed by atoms with van der Waals surface area (Å²) < 4.78 is 5.69. The maximum absolute atomic E-state index is 12.6. The fraction of sp³-hybridized carbons (Fsp3) is 0.167. The van der Waals surface area contributed by atoms with Gasteiger partial charge in [-0.05, 0) is 74.8 Å². The molecule has 0 fully saturated rings. The molecular formula is C24H27Cl3N2O3. The minimum atomic E-state index is -0.650. The lowest BCUT2D eigenvalue weighted by atomic mass is 9.99. The highest BCUT2D eigenvalue weighted by Crippen LogP contribution is 2.23. The van der Waals surface area contributed by atoms with E-state index < -0.39 is 5.24 Å². The van der Waals surface area contributed by atoms with Crippen molar-refractivity contribution in [1.29, 1.82) is 0 Å². The second kappa shape index (κ2) is 13.9. The molecule has 0 heterocycles. The SMILES string of the molecule is CC(C)(C)NN.Cl.Cl.O=C(Cl)c1ccccc1C(=O)c1ccc(Oc2ccccc2)cc1. The van der Waals surface area contributed by atoms with Crippen LogP contribution in [0.4, 0.5) is 0 Å². The lowest BCUT2D eigenvalue weighted by Crippen LogP contribution is -2.41. The minimum Gasteiger partial charge on any atom is -0.457 e. The van der Waals surface area contributed by atoms with E-state index >= 15 is 0 Å². The van der Waals surface area contributed by atoms with Crippen molar-refractivity contribution in [2.45, 2.75) is 26.3 Å². The fourth-order valence-electron chi connectivity index (χ4n) is 2.31. The quantitative estimate of drug-likeness (QED) is 0.190. The van der Waals surface area contributed by atoms with E-state index in [0.29, 0.717) is 11.3 Å². The summed E-state index contributed by atoms with van der Waals surface area (Å²) in [6.07, 6.45) is 0. The van der Waals surface area contributed by atoms with Gasteiger partial charge in [-0.3, -0.25) is 20.9 Å². The Labute approximate surface area is 206 Å². The summed E-state index contributed by atoms with van der Waals surface area (Å²) in [7, 11) is 0. The van der Waals surface area contributed by atoms with E-state index in [1.807, 2.05) is 51.1 Å². The van der Waals surface area contributed by atoms with Crippen molar-refractivity contribution < 1.29 is 14.3 Å². The topological polar surface area (TPSA) is 81.4 Å². The molecule has 3 rings (SSSR count). The Balaban J connectivity index is 0.00000107. The van der Waals surface area contributed by atoms with Crippen molar-refractivity contribution in [3.05, 3.63) is 95.6 Å². The average molecular weight is 498 g/mol. The average Bonchev–Trinajstić information content (AvgIpc) is 2.74. The van der Waals surface area contributed by atoms with E-state index in [2.05, 4.69) is 5.43 Å². The van der Waals surface area contributed by atoms with Gasteiger partial charge in [0.15, 0.2) is 5.78 Å². The zero-order chi connectivity index (χ0) is 22.1. The number of rotatable bonds is 5. The maximum Gasteiger partial charge on any atom is 0.253 e. The molecule has 0 aliphatic carbocycles. The van der Waals surface area contributed by atoms with Gasteiger partial charge < -0.3 is 4.74 Å². The highest BCUT2D eigenvalue weighted by Gasteiger charge is 2.16. The van der Waals surface area contributed by atoms with Gasteiger partial charge in [-0.1, -0.05) is 36.4 Å². The first-order valence-electron chi connectivity index (χ1n) is 9.35. The van der Waals surface area contributed by atoms with Crippen LogP contribution in [0.3, 0.4) is 0 Å². The number of hydrazine groups is 1. The number of halogens is 3. The van der Waals surface area contributed by atoms with Gasteiger partial charge in [-0.25, -0.2) is 0 Å². The highest BCUT2D eigenvalue weighted by atomic mass is 35.5. The van der Waals surface area contributed by atoms with Crippen LogP contribution < -0.4 is 16.0 Å². The van der Waals surface area contributed by atoms with E-state index in [-0.39, 0.29) is 47.3 Å². The number of nitrogens with one attached hydrogen (secondary N) is 1. The Kier molecular flexibility index (Phi) is 12.8. The van der Waals surface area contributed by atoms with Gasteiger partial charge >= 0.3 is 0 Å². The Bertz CT molecular complexity index is 989. The Morgan fingerprint density at radius 3 is 1.69 bits per heavy atom.